The van der Waals surface area contributed by atoms with E-state index in [-0.39, 0.29) is 17.3 Å². The minimum absolute atomic E-state index is 0.113. The van der Waals surface area contributed by atoms with Gasteiger partial charge in [0.2, 0.25) is 0 Å². The second-order valence-electron chi connectivity index (χ2n) is 7.47. The van der Waals surface area contributed by atoms with Crippen molar-refractivity contribution in [2.45, 2.75) is 0 Å². The highest BCUT2D eigenvalue weighted by atomic mass is 79.9. The number of amides is 3. The molecule has 1 aliphatic heterocycles. The lowest BCUT2D eigenvalue weighted by molar-refractivity contribution is -0.122. The molecule has 182 valence electrons. The van der Waals surface area contributed by atoms with Crippen molar-refractivity contribution >= 4 is 68.4 Å². The van der Waals surface area contributed by atoms with E-state index in [1.165, 1.54) is 54.6 Å². The summed E-state index contributed by atoms with van der Waals surface area (Å²) in [6.45, 7) is -0.304. The largest absolute Gasteiger partial charge is 0.483 e. The van der Waals surface area contributed by atoms with Crippen molar-refractivity contribution in [3.05, 3.63) is 94.0 Å². The Morgan fingerprint density at radius 2 is 1.67 bits per heavy atom. The van der Waals surface area contributed by atoms with Gasteiger partial charge in [0.05, 0.1) is 10.2 Å². The molecule has 0 unspecified atom stereocenters. The maximum absolute atomic E-state index is 13.3. The summed E-state index contributed by atoms with van der Waals surface area (Å²) in [5.41, 5.74) is 1.05. The summed E-state index contributed by atoms with van der Waals surface area (Å²) in [5.74, 6) is -2.32. The SMILES string of the molecule is O=C(COc1ccc(/C=C2/C(=O)NC(=S)N(c3ccc(F)cc3)C2=O)cc1Br)Nc1ccc(F)cc1. The van der Waals surface area contributed by atoms with Crippen LogP contribution in [0.3, 0.4) is 0 Å². The first-order chi connectivity index (χ1) is 17.2. The summed E-state index contributed by atoms with van der Waals surface area (Å²) < 4.78 is 32.3. The van der Waals surface area contributed by atoms with Crippen molar-refractivity contribution in [3.63, 3.8) is 0 Å². The average Bonchev–Trinajstić information content (AvgIpc) is 2.84. The standard InChI is InChI=1S/C25H16BrF2N3O4S/c26-20-12-14(1-10-21(20)35-13-22(32)29-17-6-2-15(27)3-7-17)11-19-23(33)30-25(36)31(24(19)34)18-8-4-16(28)5-9-18/h1-12H,13H2,(H,29,32)(H,30,33,36)/b19-11-. The van der Waals surface area contributed by atoms with Crippen molar-refractivity contribution < 1.29 is 27.9 Å². The van der Waals surface area contributed by atoms with E-state index in [1.54, 1.807) is 18.2 Å². The Morgan fingerprint density at radius 3 is 2.31 bits per heavy atom. The van der Waals surface area contributed by atoms with Crippen LogP contribution >= 0.6 is 28.1 Å². The summed E-state index contributed by atoms with van der Waals surface area (Å²) >= 11 is 8.48. The van der Waals surface area contributed by atoms with E-state index in [0.717, 1.165) is 4.90 Å². The third kappa shape index (κ3) is 5.81. The summed E-state index contributed by atoms with van der Waals surface area (Å²) in [5, 5.41) is 4.93. The van der Waals surface area contributed by atoms with Gasteiger partial charge < -0.3 is 10.1 Å². The van der Waals surface area contributed by atoms with E-state index >= 15 is 0 Å². The molecule has 1 fully saturated rings. The van der Waals surface area contributed by atoms with Gasteiger partial charge in [-0.15, -0.1) is 0 Å². The summed E-state index contributed by atoms with van der Waals surface area (Å²) in [6.07, 6.45) is 1.38. The first-order valence-electron chi connectivity index (χ1n) is 10.4. The first-order valence-corrected chi connectivity index (χ1v) is 11.6. The number of carbonyl (C=O) groups excluding carboxylic acids is 3. The molecule has 1 aliphatic rings. The highest BCUT2D eigenvalue weighted by molar-refractivity contribution is 9.10. The number of nitrogens with one attached hydrogen (secondary N) is 2. The van der Waals surface area contributed by atoms with Crippen LogP contribution in [0.2, 0.25) is 0 Å². The molecule has 1 heterocycles. The lowest BCUT2D eigenvalue weighted by Gasteiger charge is -2.28. The van der Waals surface area contributed by atoms with Crippen LogP contribution in [0, 0.1) is 11.6 Å². The molecule has 11 heteroatoms. The fourth-order valence-corrected chi connectivity index (χ4v) is 4.04. The summed E-state index contributed by atoms with van der Waals surface area (Å²) in [7, 11) is 0. The van der Waals surface area contributed by atoms with Crippen molar-refractivity contribution in [1.29, 1.82) is 0 Å². The molecule has 0 aliphatic carbocycles. The first kappa shape index (κ1) is 25.1. The monoisotopic (exact) mass is 571 g/mol. The Labute approximate surface area is 217 Å². The average molecular weight is 572 g/mol. The van der Waals surface area contributed by atoms with Crippen molar-refractivity contribution in [3.8, 4) is 5.75 Å². The Balaban J connectivity index is 1.47. The number of nitrogens with zero attached hydrogens (tertiary/aromatic N) is 1. The van der Waals surface area contributed by atoms with E-state index in [4.69, 9.17) is 17.0 Å². The molecule has 0 bridgehead atoms. The summed E-state index contributed by atoms with van der Waals surface area (Å²) in [6, 6.07) is 15.2. The van der Waals surface area contributed by atoms with Crippen LogP contribution in [-0.4, -0.2) is 29.4 Å². The summed E-state index contributed by atoms with van der Waals surface area (Å²) in [4.78, 5) is 38.7. The van der Waals surface area contributed by atoms with Gasteiger partial charge in [-0.25, -0.2) is 8.78 Å². The van der Waals surface area contributed by atoms with Crippen molar-refractivity contribution in [2.24, 2.45) is 0 Å². The predicted octanol–water partition coefficient (Wildman–Crippen LogP) is 4.58. The van der Waals surface area contributed by atoms with Crippen molar-refractivity contribution in [1.82, 2.24) is 5.32 Å². The molecule has 3 aromatic rings. The Bertz CT molecular complexity index is 1400. The maximum Gasteiger partial charge on any atom is 0.270 e. The van der Waals surface area contributed by atoms with E-state index in [2.05, 4.69) is 26.6 Å². The zero-order valence-corrected chi connectivity index (χ0v) is 20.7. The second kappa shape index (κ2) is 10.8. The third-order valence-corrected chi connectivity index (χ3v) is 5.84. The number of thiocarbonyl (C=S) groups is 1. The van der Waals surface area contributed by atoms with Gasteiger partial charge in [-0.1, -0.05) is 6.07 Å². The van der Waals surface area contributed by atoms with E-state index in [1.807, 2.05) is 0 Å². The fourth-order valence-electron chi connectivity index (χ4n) is 3.25. The molecule has 0 aromatic heterocycles. The quantitative estimate of drug-likeness (QED) is 0.257. The minimum atomic E-state index is -0.669. The highest BCUT2D eigenvalue weighted by Gasteiger charge is 2.34. The van der Waals surface area contributed by atoms with E-state index in [9.17, 15) is 23.2 Å². The normalized spacial score (nSPS) is 14.6. The molecule has 36 heavy (non-hydrogen) atoms. The van der Waals surface area contributed by atoms with Gasteiger partial charge >= 0.3 is 0 Å². The topological polar surface area (TPSA) is 87.7 Å². The van der Waals surface area contributed by atoms with Crippen LogP contribution in [-0.2, 0) is 14.4 Å². The number of benzene rings is 3. The van der Waals surface area contributed by atoms with Crippen LogP contribution in [0.1, 0.15) is 5.56 Å². The second-order valence-corrected chi connectivity index (χ2v) is 8.71. The van der Waals surface area contributed by atoms with Crippen LogP contribution < -0.4 is 20.3 Å². The number of hydrogen-bond donors (Lipinski definition) is 2. The van der Waals surface area contributed by atoms with Crippen LogP contribution in [0.25, 0.3) is 6.08 Å². The van der Waals surface area contributed by atoms with Crippen molar-refractivity contribution in [2.75, 3.05) is 16.8 Å². The molecule has 0 atom stereocenters. The van der Waals surface area contributed by atoms with Gasteiger partial charge in [0.1, 0.15) is 23.0 Å². The molecule has 4 rings (SSSR count). The molecule has 7 nitrogen and oxygen atoms in total. The molecule has 3 aromatic carbocycles. The number of anilines is 2. The minimum Gasteiger partial charge on any atom is -0.483 e. The zero-order valence-electron chi connectivity index (χ0n) is 18.3. The maximum atomic E-state index is 13.3. The van der Waals surface area contributed by atoms with Gasteiger partial charge in [0.15, 0.2) is 11.7 Å². The Hall–Kier alpha value is -3.96. The van der Waals surface area contributed by atoms with E-state index < -0.39 is 29.4 Å². The van der Waals surface area contributed by atoms with E-state index in [0.29, 0.717) is 27.2 Å². The predicted molar refractivity (Wildman–Crippen MR) is 137 cm³/mol. The number of carbonyl (C=O) groups is 3. The van der Waals surface area contributed by atoms with Gasteiger partial charge in [0.25, 0.3) is 17.7 Å². The van der Waals surface area contributed by atoms with Gasteiger partial charge in [0, 0.05) is 5.69 Å². The molecular weight excluding hydrogens is 556 g/mol. The fraction of sp³-hybridized carbons (Fsp3) is 0.0400. The van der Waals surface area contributed by atoms with Gasteiger partial charge in [-0.3, -0.25) is 24.6 Å². The smallest absolute Gasteiger partial charge is 0.270 e. The number of hydrogen-bond acceptors (Lipinski definition) is 5. The molecular formula is C25H16BrF2N3O4S. The molecule has 0 radical (unpaired) electrons. The Kier molecular flexibility index (Phi) is 7.51. The highest BCUT2D eigenvalue weighted by Crippen LogP contribution is 2.28. The number of ether oxygens (including phenoxy) is 1. The van der Waals surface area contributed by atoms with Crippen LogP contribution in [0.4, 0.5) is 20.2 Å². The van der Waals surface area contributed by atoms with Crippen LogP contribution in [0.15, 0.2) is 76.8 Å². The molecule has 1 saturated heterocycles. The van der Waals surface area contributed by atoms with Gasteiger partial charge in [-0.2, -0.15) is 0 Å². The molecule has 0 spiro atoms. The molecule has 3 amide bonds. The molecule has 2 N–H and O–H groups in total. The Morgan fingerprint density at radius 1 is 1.03 bits per heavy atom. The number of rotatable bonds is 6. The third-order valence-electron chi connectivity index (χ3n) is 4.94. The van der Waals surface area contributed by atoms with Crippen LogP contribution in [0.5, 0.6) is 5.75 Å². The lowest BCUT2D eigenvalue weighted by atomic mass is 10.1. The lowest BCUT2D eigenvalue weighted by Crippen LogP contribution is -2.54. The number of halogens is 3. The zero-order chi connectivity index (χ0) is 25.8. The molecule has 0 saturated carbocycles. The van der Waals surface area contributed by atoms with Gasteiger partial charge in [-0.05, 0) is 100 Å².